The molecule has 0 atom stereocenters. The first-order valence-corrected chi connectivity index (χ1v) is 8.64. The zero-order valence-corrected chi connectivity index (χ0v) is 16.4. The molecule has 0 aliphatic carbocycles. The van der Waals surface area contributed by atoms with E-state index < -0.39 is 5.41 Å². The molecule has 7 nitrogen and oxygen atoms in total. The summed E-state index contributed by atoms with van der Waals surface area (Å²) in [7, 11) is 0. The van der Waals surface area contributed by atoms with Crippen LogP contribution in [0.15, 0.2) is 24.3 Å². The van der Waals surface area contributed by atoms with Crippen LogP contribution in [0, 0.1) is 5.41 Å². The number of carbonyl (C=O) groups is 3. The Hall–Kier alpha value is -2.57. The molecule has 0 bridgehead atoms. The van der Waals surface area contributed by atoms with Crippen LogP contribution in [-0.4, -0.2) is 36.5 Å². The van der Waals surface area contributed by atoms with E-state index in [4.69, 9.17) is 0 Å². The van der Waals surface area contributed by atoms with E-state index in [1.54, 1.807) is 24.3 Å². The van der Waals surface area contributed by atoms with Crippen molar-refractivity contribution < 1.29 is 14.4 Å². The van der Waals surface area contributed by atoms with E-state index in [9.17, 15) is 14.4 Å². The van der Waals surface area contributed by atoms with Crippen molar-refractivity contribution in [2.45, 2.75) is 47.1 Å². The molecule has 1 rings (SSSR count). The van der Waals surface area contributed by atoms with Crippen LogP contribution in [0.1, 0.15) is 51.9 Å². The molecule has 1 aromatic rings. The van der Waals surface area contributed by atoms with Gasteiger partial charge in [-0.1, -0.05) is 20.8 Å². The van der Waals surface area contributed by atoms with Gasteiger partial charge in [0.05, 0.1) is 0 Å². The van der Waals surface area contributed by atoms with Gasteiger partial charge in [-0.25, -0.2) is 4.79 Å². The maximum Gasteiger partial charge on any atom is 0.315 e. The first kappa shape index (κ1) is 21.5. The highest BCUT2D eigenvalue weighted by Gasteiger charge is 2.21. The highest BCUT2D eigenvalue weighted by atomic mass is 16.2. The molecule has 26 heavy (non-hydrogen) atoms. The largest absolute Gasteiger partial charge is 0.350 e. The van der Waals surface area contributed by atoms with Crippen molar-refractivity contribution in [1.29, 1.82) is 0 Å². The number of carbonyl (C=O) groups excluding carboxylic acids is 3. The number of hydrogen-bond acceptors (Lipinski definition) is 3. The summed E-state index contributed by atoms with van der Waals surface area (Å²) in [6.45, 7) is 11.8. The lowest BCUT2D eigenvalue weighted by Crippen LogP contribution is -2.48. The predicted molar refractivity (Wildman–Crippen MR) is 103 cm³/mol. The number of anilines is 1. The molecule has 0 fully saturated rings. The first-order chi connectivity index (χ1) is 11.9. The molecule has 0 saturated carbocycles. The number of nitrogens with one attached hydrogen (secondary N) is 4. The summed E-state index contributed by atoms with van der Waals surface area (Å²) >= 11 is 0. The van der Waals surface area contributed by atoms with Crippen LogP contribution in [0.3, 0.4) is 0 Å². The van der Waals surface area contributed by atoms with Crippen molar-refractivity contribution in [3.05, 3.63) is 29.8 Å². The molecule has 0 unspecified atom stereocenters. The molecule has 0 heterocycles. The van der Waals surface area contributed by atoms with E-state index in [-0.39, 0.29) is 23.4 Å². The molecule has 0 aliphatic heterocycles. The van der Waals surface area contributed by atoms with Crippen molar-refractivity contribution in [2.75, 3.05) is 18.4 Å². The number of benzene rings is 1. The molecular weight excluding hydrogens is 332 g/mol. The van der Waals surface area contributed by atoms with Gasteiger partial charge in [0.25, 0.3) is 5.91 Å². The Morgan fingerprint density at radius 2 is 1.38 bits per heavy atom. The van der Waals surface area contributed by atoms with E-state index in [1.807, 2.05) is 41.5 Å². The Balaban J connectivity index is 2.42. The van der Waals surface area contributed by atoms with Crippen molar-refractivity contribution in [1.82, 2.24) is 16.0 Å². The van der Waals surface area contributed by atoms with Crippen molar-refractivity contribution in [3.63, 3.8) is 0 Å². The third-order valence-corrected chi connectivity index (χ3v) is 3.27. The second-order valence-corrected chi connectivity index (χ2v) is 8.17. The summed E-state index contributed by atoms with van der Waals surface area (Å²) in [4.78, 5) is 35.6. The Morgan fingerprint density at radius 3 is 1.88 bits per heavy atom. The number of rotatable bonds is 5. The number of hydrogen-bond donors (Lipinski definition) is 4. The standard InChI is InChI=1S/C19H30N4O3/c1-18(2,3)16(25)22-14-9-7-13(8-10-14)15(24)20-11-12-21-17(26)23-19(4,5)6/h7-10H,11-12H2,1-6H3,(H,20,24)(H,22,25)(H2,21,23,26). The highest BCUT2D eigenvalue weighted by Crippen LogP contribution is 2.17. The molecule has 4 N–H and O–H groups in total. The fraction of sp³-hybridized carbons (Fsp3) is 0.526. The van der Waals surface area contributed by atoms with Gasteiger partial charge in [-0.3, -0.25) is 9.59 Å². The third-order valence-electron chi connectivity index (χ3n) is 3.27. The van der Waals surface area contributed by atoms with Gasteiger partial charge in [0, 0.05) is 35.3 Å². The summed E-state index contributed by atoms with van der Waals surface area (Å²) in [6, 6.07) is 6.40. The van der Waals surface area contributed by atoms with Crippen molar-refractivity contribution in [3.8, 4) is 0 Å². The number of amides is 4. The van der Waals surface area contributed by atoms with Gasteiger partial charge in [0.15, 0.2) is 0 Å². The Labute approximate surface area is 155 Å². The molecular formula is C19H30N4O3. The van der Waals surface area contributed by atoms with Gasteiger partial charge in [0.1, 0.15) is 0 Å². The van der Waals surface area contributed by atoms with Crippen molar-refractivity contribution in [2.24, 2.45) is 5.41 Å². The molecule has 0 aromatic heterocycles. The van der Waals surface area contributed by atoms with Crippen LogP contribution in [0.5, 0.6) is 0 Å². The van der Waals surface area contributed by atoms with Gasteiger partial charge < -0.3 is 21.3 Å². The normalized spacial score (nSPS) is 11.5. The van der Waals surface area contributed by atoms with Gasteiger partial charge in [-0.2, -0.15) is 0 Å². The van der Waals surface area contributed by atoms with Crippen LogP contribution in [0.2, 0.25) is 0 Å². The van der Waals surface area contributed by atoms with Gasteiger partial charge >= 0.3 is 6.03 Å². The fourth-order valence-electron chi connectivity index (χ4n) is 1.86. The SMILES string of the molecule is CC(C)(C)NC(=O)NCCNC(=O)c1ccc(NC(=O)C(C)(C)C)cc1. The van der Waals surface area contributed by atoms with Crippen molar-refractivity contribution >= 4 is 23.5 Å². The maximum atomic E-state index is 12.1. The van der Waals surface area contributed by atoms with E-state index in [1.165, 1.54) is 0 Å². The minimum absolute atomic E-state index is 0.0886. The summed E-state index contributed by atoms with van der Waals surface area (Å²) in [6.07, 6.45) is 0. The monoisotopic (exact) mass is 362 g/mol. The van der Waals surface area contributed by atoms with Gasteiger partial charge in [0.2, 0.25) is 5.91 Å². The van der Waals surface area contributed by atoms with Gasteiger partial charge in [-0.15, -0.1) is 0 Å². The highest BCUT2D eigenvalue weighted by molar-refractivity contribution is 5.97. The lowest BCUT2D eigenvalue weighted by molar-refractivity contribution is -0.123. The van der Waals surface area contributed by atoms with Crippen LogP contribution in [0.4, 0.5) is 10.5 Å². The lowest BCUT2D eigenvalue weighted by atomic mass is 9.95. The van der Waals surface area contributed by atoms with Gasteiger partial charge in [-0.05, 0) is 45.0 Å². The Morgan fingerprint density at radius 1 is 0.846 bits per heavy atom. The fourth-order valence-corrected chi connectivity index (χ4v) is 1.86. The third kappa shape index (κ3) is 8.00. The minimum atomic E-state index is -0.484. The lowest BCUT2D eigenvalue weighted by Gasteiger charge is -2.20. The second-order valence-electron chi connectivity index (χ2n) is 8.17. The molecule has 144 valence electrons. The number of urea groups is 1. The van der Waals surface area contributed by atoms with Crippen LogP contribution in [-0.2, 0) is 4.79 Å². The van der Waals surface area contributed by atoms with Crippen LogP contribution in [0.25, 0.3) is 0 Å². The summed E-state index contributed by atoms with van der Waals surface area (Å²) in [5.41, 5.74) is 0.333. The summed E-state index contributed by atoms with van der Waals surface area (Å²) < 4.78 is 0. The average molecular weight is 362 g/mol. The molecule has 0 aliphatic rings. The van der Waals surface area contributed by atoms with E-state index in [0.717, 1.165) is 0 Å². The molecule has 4 amide bonds. The molecule has 0 spiro atoms. The first-order valence-electron chi connectivity index (χ1n) is 8.64. The summed E-state index contributed by atoms with van der Waals surface area (Å²) in [5, 5.41) is 11.0. The zero-order chi connectivity index (χ0) is 20.0. The molecule has 0 saturated heterocycles. The zero-order valence-electron chi connectivity index (χ0n) is 16.4. The van der Waals surface area contributed by atoms with E-state index in [2.05, 4.69) is 21.3 Å². The Bertz CT molecular complexity index is 640. The maximum absolute atomic E-state index is 12.1. The molecule has 1 aromatic carbocycles. The topological polar surface area (TPSA) is 99.3 Å². The van der Waals surface area contributed by atoms with E-state index in [0.29, 0.717) is 24.3 Å². The minimum Gasteiger partial charge on any atom is -0.350 e. The quantitative estimate of drug-likeness (QED) is 0.606. The van der Waals surface area contributed by atoms with E-state index >= 15 is 0 Å². The van der Waals surface area contributed by atoms with Crippen LogP contribution < -0.4 is 21.3 Å². The second kappa shape index (κ2) is 8.69. The summed E-state index contributed by atoms with van der Waals surface area (Å²) in [5.74, 6) is -0.328. The Kier molecular flexibility index (Phi) is 7.18. The molecule has 0 radical (unpaired) electrons. The predicted octanol–water partition coefficient (Wildman–Crippen LogP) is 2.50. The van der Waals surface area contributed by atoms with Crippen LogP contribution >= 0.6 is 0 Å². The smallest absolute Gasteiger partial charge is 0.315 e. The average Bonchev–Trinajstić information content (AvgIpc) is 2.49. The molecule has 7 heteroatoms.